The van der Waals surface area contributed by atoms with Gasteiger partial charge < -0.3 is 9.47 Å². The van der Waals surface area contributed by atoms with Gasteiger partial charge in [0.15, 0.2) is 0 Å². The van der Waals surface area contributed by atoms with E-state index < -0.39 is 14.4 Å². The van der Waals surface area contributed by atoms with Crippen molar-refractivity contribution in [2.75, 3.05) is 0 Å². The molecule has 1 aromatic rings. The van der Waals surface area contributed by atoms with Gasteiger partial charge in [0.2, 0.25) is 0 Å². The molecule has 2 rings (SSSR count). The van der Waals surface area contributed by atoms with Crippen molar-refractivity contribution >= 4 is 13.3 Å². The Hall–Kier alpha value is -0.506. The Bertz CT molecular complexity index is 404. The van der Waals surface area contributed by atoms with Gasteiger partial charge in [-0.25, -0.2) is 0 Å². The fraction of sp³-hybridized carbons (Fsp3) is 0.400. The third-order valence-electron chi connectivity index (χ3n) is 2.17. The Labute approximate surface area is 106 Å². The summed E-state index contributed by atoms with van der Waals surface area (Å²) in [6.45, 7) is 6.17. The van der Waals surface area contributed by atoms with Crippen LogP contribution in [0, 0.1) is 6.07 Å². The van der Waals surface area contributed by atoms with E-state index in [1.807, 2.05) is 0 Å². The van der Waals surface area contributed by atoms with Crippen LogP contribution in [0.1, 0.15) is 0 Å². The Morgan fingerprint density at radius 3 is 2.44 bits per heavy atom. The van der Waals surface area contributed by atoms with E-state index >= 15 is 0 Å². The monoisotopic (exact) mass is 236 g/mol. The average molecular weight is 236 g/mol. The summed E-state index contributed by atoms with van der Waals surface area (Å²) in [5.74, 6) is 0.168. The second kappa shape index (κ2) is 4.06. The number of ether oxygens (including phenoxy) is 2. The number of hydrogen-bond donors (Lipinski definition) is 0. The maximum atomic E-state index is 12.9. The molecule has 0 saturated heterocycles. The summed E-state index contributed by atoms with van der Waals surface area (Å²) >= 11 is 0. The van der Waals surface area contributed by atoms with Crippen LogP contribution in [0.4, 0.5) is 8.78 Å². The molecule has 1 aromatic carbocycles. The van der Waals surface area contributed by atoms with Crippen LogP contribution in [-0.2, 0) is 0 Å². The molecule has 1 heterocycles. The van der Waals surface area contributed by atoms with E-state index in [1.165, 1.54) is 0 Å². The summed E-state index contributed by atoms with van der Waals surface area (Å²) in [5.41, 5.74) is 0. The largest absolute Gasteiger partial charge is 1.00 e. The van der Waals surface area contributed by atoms with E-state index in [2.05, 4.69) is 35.2 Å². The van der Waals surface area contributed by atoms with Gasteiger partial charge in [-0.15, -0.1) is 20.0 Å². The molecule has 0 saturated carbocycles. The van der Waals surface area contributed by atoms with Crippen molar-refractivity contribution in [1.82, 2.24) is 0 Å². The fourth-order valence-electron chi connectivity index (χ4n) is 1.49. The van der Waals surface area contributed by atoms with Gasteiger partial charge in [-0.3, -0.25) is 0 Å². The molecule has 0 N–H and O–H groups in total. The molecule has 0 aromatic heterocycles. The molecule has 2 nitrogen and oxygen atoms in total. The van der Waals surface area contributed by atoms with Crippen LogP contribution in [0.5, 0.6) is 11.5 Å². The normalized spacial score (nSPS) is 16.8. The molecule has 0 bridgehead atoms. The quantitative estimate of drug-likeness (QED) is 0.477. The first-order valence-electron chi connectivity index (χ1n) is 4.61. The second-order valence-corrected chi connectivity index (χ2v) is 9.51. The average Bonchev–Trinajstić information content (AvgIpc) is 2.35. The number of benzene rings is 1. The smallest absolute Gasteiger partial charge is 0.460 e. The van der Waals surface area contributed by atoms with Crippen LogP contribution in [-0.4, -0.2) is 14.4 Å². The van der Waals surface area contributed by atoms with Crippen LogP contribution < -0.4 is 33.5 Å². The standard InChI is InChI=1S/C10H11F2O2Si.Li/c1-15(2,3)8-6-4-5-7-9(8)14-10(11,12)13-7;/h4,6H,1-3H3;/q-1;+1. The molecular formula is C10H11F2LiO2Si. The summed E-state index contributed by atoms with van der Waals surface area (Å²) in [6.07, 6.45) is -3.55. The van der Waals surface area contributed by atoms with Crippen molar-refractivity contribution in [3.63, 3.8) is 0 Å². The van der Waals surface area contributed by atoms with Crippen molar-refractivity contribution in [3.8, 4) is 11.5 Å². The molecule has 1 aliphatic heterocycles. The molecule has 0 spiro atoms. The van der Waals surface area contributed by atoms with Crippen molar-refractivity contribution in [2.24, 2.45) is 0 Å². The van der Waals surface area contributed by atoms with Crippen LogP contribution in [0.25, 0.3) is 0 Å². The van der Waals surface area contributed by atoms with E-state index in [1.54, 1.807) is 12.1 Å². The summed E-state index contributed by atoms with van der Waals surface area (Å²) in [4.78, 5) is 0. The predicted molar refractivity (Wildman–Crippen MR) is 54.5 cm³/mol. The zero-order valence-electron chi connectivity index (χ0n) is 9.73. The van der Waals surface area contributed by atoms with Crippen molar-refractivity contribution in [1.29, 1.82) is 0 Å². The first-order valence-corrected chi connectivity index (χ1v) is 8.11. The number of rotatable bonds is 1. The van der Waals surface area contributed by atoms with Crippen molar-refractivity contribution < 1.29 is 37.1 Å². The Morgan fingerprint density at radius 1 is 1.25 bits per heavy atom. The van der Waals surface area contributed by atoms with Crippen LogP contribution in [0.3, 0.4) is 0 Å². The molecule has 16 heavy (non-hydrogen) atoms. The van der Waals surface area contributed by atoms with E-state index in [9.17, 15) is 8.78 Å². The van der Waals surface area contributed by atoms with Gasteiger partial charge in [0, 0.05) is 0 Å². The molecule has 0 fully saturated rings. The molecule has 0 aliphatic carbocycles. The maximum Gasteiger partial charge on any atom is 1.00 e. The van der Waals surface area contributed by atoms with Gasteiger partial charge in [-0.2, -0.15) is 12.1 Å². The van der Waals surface area contributed by atoms with Crippen molar-refractivity contribution in [2.45, 2.75) is 25.9 Å². The Balaban J connectivity index is 0.00000128. The third kappa shape index (κ3) is 2.42. The van der Waals surface area contributed by atoms with E-state index in [-0.39, 0.29) is 30.4 Å². The number of alkyl halides is 2. The summed E-state index contributed by atoms with van der Waals surface area (Å²) in [7, 11) is -1.71. The van der Waals surface area contributed by atoms with E-state index in [0.717, 1.165) is 5.19 Å². The first kappa shape index (κ1) is 13.6. The summed E-state index contributed by atoms with van der Waals surface area (Å²) < 4.78 is 34.6. The van der Waals surface area contributed by atoms with Gasteiger partial charge in [-0.1, -0.05) is 19.6 Å². The topological polar surface area (TPSA) is 18.5 Å². The van der Waals surface area contributed by atoms with Crippen LogP contribution >= 0.6 is 0 Å². The first-order chi connectivity index (χ1) is 6.80. The van der Waals surface area contributed by atoms with Gasteiger partial charge >= 0.3 is 25.2 Å². The number of hydrogen-bond acceptors (Lipinski definition) is 2. The summed E-state index contributed by atoms with van der Waals surface area (Å²) in [6, 6.07) is 5.98. The second-order valence-electron chi connectivity index (χ2n) is 4.47. The number of fused-ring (bicyclic) bond motifs is 1. The molecule has 0 radical (unpaired) electrons. The predicted octanol–water partition coefficient (Wildman–Crippen LogP) is -0.643. The van der Waals surface area contributed by atoms with Gasteiger partial charge in [0.05, 0.1) is 19.6 Å². The minimum absolute atomic E-state index is 0. The number of halogens is 2. The van der Waals surface area contributed by atoms with Gasteiger partial charge in [-0.05, 0) is 0 Å². The molecule has 0 atom stereocenters. The molecule has 6 heteroatoms. The maximum absolute atomic E-state index is 12.9. The zero-order chi connectivity index (χ0) is 11.3. The van der Waals surface area contributed by atoms with Crippen molar-refractivity contribution in [3.05, 3.63) is 18.2 Å². The molecule has 82 valence electrons. The molecule has 1 aliphatic rings. The molecule has 0 amide bonds. The molecular weight excluding hydrogens is 225 g/mol. The summed E-state index contributed by atoms with van der Waals surface area (Å²) in [5, 5.41) is 0.827. The third-order valence-corrected chi connectivity index (χ3v) is 4.17. The Morgan fingerprint density at radius 2 is 1.88 bits per heavy atom. The van der Waals surface area contributed by atoms with Gasteiger partial charge in [0.25, 0.3) is 0 Å². The minimum Gasteiger partial charge on any atom is -0.460 e. The SMILES string of the molecule is C[Si](C)(C)c1cc[c-]c2c1OC(F)(F)O2.[Li+]. The van der Waals surface area contributed by atoms with E-state index in [0.29, 0.717) is 0 Å². The Kier molecular flexibility index (Phi) is 3.44. The van der Waals surface area contributed by atoms with E-state index in [4.69, 9.17) is 0 Å². The van der Waals surface area contributed by atoms with Crippen LogP contribution in [0.2, 0.25) is 19.6 Å². The van der Waals surface area contributed by atoms with Gasteiger partial charge in [0.1, 0.15) is 0 Å². The van der Waals surface area contributed by atoms with Crippen LogP contribution in [0.15, 0.2) is 12.1 Å². The fourth-order valence-corrected chi connectivity index (χ4v) is 2.92. The zero-order valence-corrected chi connectivity index (χ0v) is 10.7. The minimum atomic E-state index is -3.55. The molecule has 0 unspecified atom stereocenters.